The van der Waals surface area contributed by atoms with Crippen LogP contribution in [0.3, 0.4) is 0 Å². The van der Waals surface area contributed by atoms with Gasteiger partial charge in [0.2, 0.25) is 0 Å². The van der Waals surface area contributed by atoms with Crippen LogP contribution in [0, 0.1) is 5.41 Å². The van der Waals surface area contributed by atoms with Crippen LogP contribution in [0.25, 0.3) is 5.65 Å². The summed E-state index contributed by atoms with van der Waals surface area (Å²) in [6.07, 6.45) is 4.12. The number of nitrogens with zero attached hydrogens (tertiary/aromatic N) is 2. The van der Waals surface area contributed by atoms with Crippen LogP contribution < -0.4 is 5.32 Å². The summed E-state index contributed by atoms with van der Waals surface area (Å²) in [6, 6.07) is 8.68. The number of imidazole rings is 1. The van der Waals surface area contributed by atoms with E-state index in [9.17, 15) is 0 Å². The minimum Gasteiger partial charge on any atom is -0.306 e. The number of rotatable bonds is 4. The van der Waals surface area contributed by atoms with Crippen molar-refractivity contribution in [1.29, 1.82) is 0 Å². The highest BCUT2D eigenvalue weighted by molar-refractivity contribution is 9.10. The predicted octanol–water partition coefficient (Wildman–Crippen LogP) is 5.04. The molecule has 5 heteroatoms. The molecule has 0 radical (unpaired) electrons. The molecular weight excluding hydrogens is 358 g/mol. The Hall–Kier alpha value is -1.17. The highest BCUT2D eigenvalue weighted by Gasteiger charge is 2.26. The molecule has 22 heavy (non-hydrogen) atoms. The summed E-state index contributed by atoms with van der Waals surface area (Å²) < 4.78 is 3.11. The van der Waals surface area contributed by atoms with Gasteiger partial charge in [0.15, 0.2) is 0 Å². The van der Waals surface area contributed by atoms with E-state index in [2.05, 4.69) is 75.1 Å². The fourth-order valence-electron chi connectivity index (χ4n) is 2.60. The third-order valence-corrected chi connectivity index (χ3v) is 5.05. The van der Waals surface area contributed by atoms with Crippen LogP contribution in [0.15, 0.2) is 46.5 Å². The molecule has 0 aliphatic rings. The van der Waals surface area contributed by atoms with E-state index < -0.39 is 0 Å². The summed E-state index contributed by atoms with van der Waals surface area (Å²) in [4.78, 5) is 6.05. The molecule has 3 rings (SSSR count). The molecule has 1 unspecified atom stereocenters. The van der Waals surface area contributed by atoms with Crippen LogP contribution in [0.4, 0.5) is 0 Å². The van der Waals surface area contributed by atoms with E-state index in [1.54, 1.807) is 11.3 Å². The second-order valence-corrected chi connectivity index (χ2v) is 8.44. The van der Waals surface area contributed by atoms with E-state index >= 15 is 0 Å². The smallest absolute Gasteiger partial charge is 0.137 e. The van der Waals surface area contributed by atoms with Gasteiger partial charge in [-0.1, -0.05) is 26.8 Å². The molecule has 0 spiro atoms. The van der Waals surface area contributed by atoms with E-state index in [0.717, 1.165) is 22.4 Å². The average molecular weight is 378 g/mol. The van der Waals surface area contributed by atoms with Gasteiger partial charge in [-0.15, -0.1) is 11.3 Å². The van der Waals surface area contributed by atoms with E-state index in [-0.39, 0.29) is 5.41 Å². The summed E-state index contributed by atoms with van der Waals surface area (Å²) in [6.45, 7) is 7.57. The Morgan fingerprint density at radius 1 is 1.27 bits per heavy atom. The van der Waals surface area contributed by atoms with Crippen molar-refractivity contribution in [2.45, 2.75) is 33.4 Å². The number of halogens is 1. The highest BCUT2D eigenvalue weighted by Crippen LogP contribution is 2.35. The van der Waals surface area contributed by atoms with Crippen LogP contribution in [0.1, 0.15) is 37.4 Å². The number of hydrogen-bond donors (Lipinski definition) is 1. The Morgan fingerprint density at radius 3 is 2.77 bits per heavy atom. The molecule has 3 aromatic rings. The monoisotopic (exact) mass is 377 g/mol. The van der Waals surface area contributed by atoms with Crippen LogP contribution in [-0.4, -0.2) is 9.38 Å². The second kappa shape index (κ2) is 6.14. The SMILES string of the molecule is CC(C)(C)C(NCc1cn2cc(Br)ccc2n1)c1cccs1. The van der Waals surface area contributed by atoms with Crippen molar-refractivity contribution < 1.29 is 0 Å². The third kappa shape index (κ3) is 3.42. The first-order valence-electron chi connectivity index (χ1n) is 7.33. The van der Waals surface area contributed by atoms with Gasteiger partial charge in [0.25, 0.3) is 0 Å². The number of aromatic nitrogens is 2. The number of thiophene rings is 1. The average Bonchev–Trinajstić information content (AvgIpc) is 3.06. The second-order valence-electron chi connectivity index (χ2n) is 6.54. The number of hydrogen-bond acceptors (Lipinski definition) is 3. The number of fused-ring (bicyclic) bond motifs is 1. The molecule has 0 bridgehead atoms. The molecule has 1 N–H and O–H groups in total. The third-order valence-electron chi connectivity index (χ3n) is 3.65. The zero-order valence-electron chi connectivity index (χ0n) is 13.0. The summed E-state index contributed by atoms with van der Waals surface area (Å²) in [5, 5.41) is 5.81. The molecule has 0 saturated carbocycles. The largest absolute Gasteiger partial charge is 0.306 e. The lowest BCUT2D eigenvalue weighted by atomic mass is 9.86. The fourth-order valence-corrected chi connectivity index (χ4v) is 4.00. The van der Waals surface area contributed by atoms with Gasteiger partial charge in [-0.2, -0.15) is 0 Å². The highest BCUT2D eigenvalue weighted by atomic mass is 79.9. The lowest BCUT2D eigenvalue weighted by Crippen LogP contribution is -2.31. The van der Waals surface area contributed by atoms with Gasteiger partial charge in [0, 0.05) is 34.3 Å². The lowest BCUT2D eigenvalue weighted by molar-refractivity contribution is 0.274. The standard InChI is InChI=1S/C17H20BrN3S/c1-17(2,3)16(14-5-4-8-22-14)19-9-13-11-21-10-12(18)6-7-15(21)20-13/h4-8,10-11,16,19H,9H2,1-3H3. The Kier molecular flexibility index (Phi) is 4.39. The molecule has 0 aliphatic heterocycles. The Labute approximate surface area is 143 Å². The van der Waals surface area contributed by atoms with Crippen molar-refractivity contribution in [3.05, 3.63) is 57.1 Å². The van der Waals surface area contributed by atoms with E-state index in [0.29, 0.717) is 6.04 Å². The van der Waals surface area contributed by atoms with E-state index in [1.807, 2.05) is 18.3 Å². The maximum atomic E-state index is 4.67. The Morgan fingerprint density at radius 2 is 2.09 bits per heavy atom. The molecule has 0 amide bonds. The molecule has 1 atom stereocenters. The zero-order chi connectivity index (χ0) is 15.7. The van der Waals surface area contributed by atoms with Crippen molar-refractivity contribution in [1.82, 2.24) is 14.7 Å². The molecule has 0 fully saturated rings. The van der Waals surface area contributed by atoms with Gasteiger partial charge in [0.1, 0.15) is 5.65 Å². The fraction of sp³-hybridized carbons (Fsp3) is 0.353. The molecule has 116 valence electrons. The topological polar surface area (TPSA) is 29.3 Å². The van der Waals surface area contributed by atoms with Crippen molar-refractivity contribution >= 4 is 32.9 Å². The molecular formula is C17H20BrN3S. The molecule has 3 aromatic heterocycles. The van der Waals surface area contributed by atoms with E-state index in [4.69, 9.17) is 0 Å². The maximum absolute atomic E-state index is 4.67. The van der Waals surface area contributed by atoms with Gasteiger partial charge >= 0.3 is 0 Å². The van der Waals surface area contributed by atoms with Crippen LogP contribution in [0.5, 0.6) is 0 Å². The van der Waals surface area contributed by atoms with Crippen LogP contribution in [0.2, 0.25) is 0 Å². The summed E-state index contributed by atoms with van der Waals surface area (Å²) in [5.41, 5.74) is 2.19. The molecule has 0 saturated heterocycles. The first-order chi connectivity index (χ1) is 10.4. The van der Waals surface area contributed by atoms with Crippen molar-refractivity contribution in [2.24, 2.45) is 5.41 Å². The number of pyridine rings is 1. The van der Waals surface area contributed by atoms with Gasteiger partial charge in [-0.3, -0.25) is 0 Å². The first kappa shape index (κ1) is 15.7. The lowest BCUT2D eigenvalue weighted by Gasteiger charge is -2.30. The molecule has 3 nitrogen and oxygen atoms in total. The van der Waals surface area contributed by atoms with Crippen LogP contribution >= 0.6 is 27.3 Å². The normalized spacial score (nSPS) is 13.6. The van der Waals surface area contributed by atoms with Crippen molar-refractivity contribution in [2.75, 3.05) is 0 Å². The van der Waals surface area contributed by atoms with Crippen LogP contribution in [-0.2, 0) is 6.54 Å². The molecule has 0 aliphatic carbocycles. The molecule has 0 aromatic carbocycles. The van der Waals surface area contributed by atoms with E-state index in [1.165, 1.54) is 4.88 Å². The van der Waals surface area contributed by atoms with Gasteiger partial charge < -0.3 is 9.72 Å². The van der Waals surface area contributed by atoms with Crippen molar-refractivity contribution in [3.63, 3.8) is 0 Å². The summed E-state index contributed by atoms with van der Waals surface area (Å²) >= 11 is 5.30. The first-order valence-corrected chi connectivity index (χ1v) is 9.01. The van der Waals surface area contributed by atoms with Gasteiger partial charge in [0.05, 0.1) is 5.69 Å². The summed E-state index contributed by atoms with van der Waals surface area (Å²) in [7, 11) is 0. The molecule has 3 heterocycles. The number of nitrogens with one attached hydrogen (secondary N) is 1. The Bertz CT molecular complexity index is 756. The predicted molar refractivity (Wildman–Crippen MR) is 96.2 cm³/mol. The van der Waals surface area contributed by atoms with Gasteiger partial charge in [-0.25, -0.2) is 4.98 Å². The summed E-state index contributed by atoms with van der Waals surface area (Å²) in [5.74, 6) is 0. The van der Waals surface area contributed by atoms with Gasteiger partial charge in [-0.05, 0) is 44.9 Å². The minimum absolute atomic E-state index is 0.160. The quantitative estimate of drug-likeness (QED) is 0.690. The Balaban J connectivity index is 1.79. The minimum atomic E-state index is 0.160. The zero-order valence-corrected chi connectivity index (χ0v) is 15.4. The van der Waals surface area contributed by atoms with Crippen molar-refractivity contribution in [3.8, 4) is 0 Å². The maximum Gasteiger partial charge on any atom is 0.137 e.